The van der Waals surface area contributed by atoms with E-state index in [1.54, 1.807) is 29.2 Å². The van der Waals surface area contributed by atoms with E-state index in [-0.39, 0.29) is 70.0 Å². The van der Waals surface area contributed by atoms with Gasteiger partial charge in [0.2, 0.25) is 5.91 Å². The van der Waals surface area contributed by atoms with Crippen LogP contribution < -0.4 is 10.6 Å². The molecule has 4 aromatic rings. The maximum Gasteiger partial charge on any atom is 0.435 e. The Balaban J connectivity index is 0.00000468. The first kappa shape index (κ1) is 35.9. The number of benzene rings is 2. The van der Waals surface area contributed by atoms with Gasteiger partial charge in [-0.05, 0) is 49.7 Å². The van der Waals surface area contributed by atoms with E-state index >= 15 is 0 Å². The third kappa shape index (κ3) is 7.92. The average molecular weight is 720 g/mol. The molecule has 2 saturated heterocycles. The van der Waals surface area contributed by atoms with Crippen LogP contribution in [0, 0.1) is 5.92 Å². The summed E-state index contributed by atoms with van der Waals surface area (Å²) < 4.78 is 44.5. The molecule has 2 aromatic heterocycles. The number of alkyl halides is 3. The number of hydrogen-bond donors (Lipinski definition) is 2. The molecular formula is C33H35Cl2F3N8O3. The zero-order valence-electron chi connectivity index (χ0n) is 26.5. The van der Waals surface area contributed by atoms with Crippen molar-refractivity contribution in [3.63, 3.8) is 0 Å². The number of piperazine rings is 1. The minimum Gasteiger partial charge on any atom is -0.339 e. The highest BCUT2D eigenvalue weighted by molar-refractivity contribution is 6.34. The Kier molecular flexibility index (Phi) is 11.0. The Bertz CT molecular complexity index is 1820. The molecule has 0 saturated carbocycles. The van der Waals surface area contributed by atoms with E-state index in [1.165, 1.54) is 46.9 Å². The summed E-state index contributed by atoms with van der Waals surface area (Å²) in [5, 5.41) is 9.84. The van der Waals surface area contributed by atoms with Crippen molar-refractivity contribution in [3.8, 4) is 11.3 Å². The molecule has 0 bridgehead atoms. The maximum atomic E-state index is 14.0. The number of nitrogens with one attached hydrogen (secondary N) is 2. The van der Waals surface area contributed by atoms with Crippen molar-refractivity contribution in [1.29, 1.82) is 0 Å². The number of imidazole rings is 1. The van der Waals surface area contributed by atoms with E-state index in [1.807, 2.05) is 11.0 Å². The largest absolute Gasteiger partial charge is 0.435 e. The molecule has 2 aliphatic heterocycles. The third-order valence-corrected chi connectivity index (χ3v) is 9.02. The summed E-state index contributed by atoms with van der Waals surface area (Å²) in [4.78, 5) is 46.9. The lowest BCUT2D eigenvalue weighted by molar-refractivity contribution is -0.141. The highest BCUT2D eigenvalue weighted by atomic mass is 35.5. The topological polar surface area (TPSA) is 117 Å². The zero-order chi connectivity index (χ0) is 34.0. The summed E-state index contributed by atoms with van der Waals surface area (Å²) in [7, 11) is 1.44. The molecule has 2 N–H and O–H groups in total. The summed E-state index contributed by atoms with van der Waals surface area (Å²) >= 11 is 6.48. The van der Waals surface area contributed by atoms with E-state index in [9.17, 15) is 27.6 Å². The number of nitrogens with zero attached hydrogens (tertiary/aromatic N) is 6. The molecule has 3 amide bonds. The first-order chi connectivity index (χ1) is 23.0. The van der Waals surface area contributed by atoms with Gasteiger partial charge in [-0.2, -0.15) is 18.3 Å². The fourth-order valence-electron chi connectivity index (χ4n) is 6.12. The average Bonchev–Trinajstić information content (AvgIpc) is 3.68. The van der Waals surface area contributed by atoms with Gasteiger partial charge in [0.05, 0.1) is 34.6 Å². The molecule has 2 aliphatic rings. The molecular weight excluding hydrogens is 684 g/mol. The lowest BCUT2D eigenvalue weighted by Crippen LogP contribution is -2.52. The molecule has 4 heterocycles. The predicted molar refractivity (Wildman–Crippen MR) is 180 cm³/mol. The van der Waals surface area contributed by atoms with Crippen LogP contribution in [-0.2, 0) is 24.6 Å². The van der Waals surface area contributed by atoms with Crippen molar-refractivity contribution in [3.05, 3.63) is 88.6 Å². The quantitative estimate of drug-likeness (QED) is 0.279. The predicted octanol–water partition coefficient (Wildman–Crippen LogP) is 4.96. The summed E-state index contributed by atoms with van der Waals surface area (Å²) in [6, 6.07) is 13.4. The number of piperidine rings is 1. The number of hydrogen-bond acceptors (Lipinski definition) is 6. The molecule has 0 spiro atoms. The molecule has 260 valence electrons. The number of rotatable bonds is 7. The summed E-state index contributed by atoms with van der Waals surface area (Å²) in [5.74, 6) is -0.945. The standard InChI is InChI=1S/C33H34ClF3N8O3.ClH/c1-42-27(25-20-45(41-28(25)33(35,36)37)19-21-5-3-2-4-6-21)18-39-29(42)30(46)40-23-7-8-24(26(34)17-23)32(48)44-15-13-43(14-16-44)31(47)22-9-11-38-12-10-22;/h2-8,17-18,20,22,38H,9-16,19H2,1H3,(H,40,46);1H. The van der Waals surface area contributed by atoms with Crippen molar-refractivity contribution >= 4 is 47.4 Å². The van der Waals surface area contributed by atoms with Gasteiger partial charge in [-0.25, -0.2) is 4.98 Å². The normalized spacial score (nSPS) is 15.5. The molecule has 2 aromatic carbocycles. The molecule has 0 atom stereocenters. The first-order valence-electron chi connectivity index (χ1n) is 15.6. The van der Waals surface area contributed by atoms with Crippen LogP contribution in [0.5, 0.6) is 0 Å². The van der Waals surface area contributed by atoms with Crippen molar-refractivity contribution in [1.82, 2.24) is 34.4 Å². The van der Waals surface area contributed by atoms with Gasteiger partial charge in [-0.3, -0.25) is 19.1 Å². The SMILES string of the molecule is Cl.Cn1c(-c2cn(Cc3ccccc3)nc2C(F)(F)F)cnc1C(=O)Nc1ccc(C(=O)N2CCN(C(=O)C3CCNCC3)CC2)c(Cl)c1. The van der Waals surface area contributed by atoms with Crippen LogP contribution in [0.2, 0.25) is 5.02 Å². The van der Waals surface area contributed by atoms with Crippen molar-refractivity contribution in [2.24, 2.45) is 13.0 Å². The fourth-order valence-corrected chi connectivity index (χ4v) is 6.38. The number of amides is 3. The molecule has 0 radical (unpaired) electrons. The van der Waals surface area contributed by atoms with Crippen LogP contribution in [-0.4, -0.2) is 86.1 Å². The lowest BCUT2D eigenvalue weighted by Gasteiger charge is -2.37. The van der Waals surface area contributed by atoms with E-state index in [4.69, 9.17) is 11.6 Å². The molecule has 2 fully saturated rings. The summed E-state index contributed by atoms with van der Waals surface area (Å²) in [5.41, 5.74) is 0.0570. The van der Waals surface area contributed by atoms with Crippen LogP contribution in [0.3, 0.4) is 0 Å². The first-order valence-corrected chi connectivity index (χ1v) is 16.0. The number of aromatic nitrogens is 4. The zero-order valence-corrected chi connectivity index (χ0v) is 28.1. The molecule has 49 heavy (non-hydrogen) atoms. The van der Waals surface area contributed by atoms with Crippen LogP contribution in [0.15, 0.2) is 60.9 Å². The van der Waals surface area contributed by atoms with Gasteiger partial charge in [-0.1, -0.05) is 41.9 Å². The molecule has 11 nitrogen and oxygen atoms in total. The van der Waals surface area contributed by atoms with Crippen LogP contribution in [0.1, 0.15) is 45.1 Å². The van der Waals surface area contributed by atoms with E-state index < -0.39 is 17.8 Å². The Morgan fingerprint density at radius 3 is 2.33 bits per heavy atom. The van der Waals surface area contributed by atoms with Gasteiger partial charge in [-0.15, -0.1) is 12.4 Å². The minimum absolute atomic E-state index is 0. The summed E-state index contributed by atoms with van der Waals surface area (Å²) in [6.07, 6.45) is -0.619. The smallest absolute Gasteiger partial charge is 0.339 e. The van der Waals surface area contributed by atoms with Gasteiger partial charge in [0.15, 0.2) is 11.5 Å². The molecule has 0 unspecified atom stereocenters. The second-order valence-electron chi connectivity index (χ2n) is 11.9. The lowest BCUT2D eigenvalue weighted by atomic mass is 9.96. The number of anilines is 1. The fraction of sp³-hybridized carbons (Fsp3) is 0.364. The molecule has 6 rings (SSSR count). The van der Waals surface area contributed by atoms with Crippen molar-refractivity contribution in [2.45, 2.75) is 25.6 Å². The minimum atomic E-state index is -4.74. The number of halogens is 5. The number of carbonyl (C=O) groups excluding carboxylic acids is 3. The van der Waals surface area contributed by atoms with E-state index in [2.05, 4.69) is 20.7 Å². The summed E-state index contributed by atoms with van der Waals surface area (Å²) in [6.45, 7) is 3.45. The highest BCUT2D eigenvalue weighted by Gasteiger charge is 2.39. The van der Waals surface area contributed by atoms with Crippen LogP contribution in [0.4, 0.5) is 18.9 Å². The van der Waals surface area contributed by atoms with Gasteiger partial charge in [0, 0.05) is 51.0 Å². The van der Waals surface area contributed by atoms with Crippen LogP contribution in [0.25, 0.3) is 11.3 Å². The van der Waals surface area contributed by atoms with Gasteiger partial charge >= 0.3 is 6.18 Å². The van der Waals surface area contributed by atoms with E-state index in [0.29, 0.717) is 26.2 Å². The Morgan fingerprint density at radius 2 is 1.67 bits per heavy atom. The van der Waals surface area contributed by atoms with Crippen molar-refractivity contribution in [2.75, 3.05) is 44.6 Å². The monoisotopic (exact) mass is 718 g/mol. The molecule has 0 aliphatic carbocycles. The second-order valence-corrected chi connectivity index (χ2v) is 12.3. The maximum absolute atomic E-state index is 14.0. The highest BCUT2D eigenvalue weighted by Crippen LogP contribution is 2.36. The Hall–Kier alpha value is -4.40. The number of carbonyl (C=O) groups is 3. The third-order valence-electron chi connectivity index (χ3n) is 8.71. The van der Waals surface area contributed by atoms with Gasteiger partial charge in [0.1, 0.15) is 0 Å². The van der Waals surface area contributed by atoms with Crippen molar-refractivity contribution < 1.29 is 27.6 Å². The van der Waals surface area contributed by atoms with Gasteiger partial charge in [0.25, 0.3) is 11.8 Å². The Labute approximate surface area is 291 Å². The van der Waals surface area contributed by atoms with Crippen LogP contribution >= 0.6 is 24.0 Å². The van der Waals surface area contributed by atoms with Gasteiger partial charge < -0.3 is 25.0 Å². The Morgan fingerprint density at radius 1 is 1.00 bits per heavy atom. The van der Waals surface area contributed by atoms with E-state index in [0.717, 1.165) is 31.5 Å². The molecule has 16 heteroatoms. The second kappa shape index (κ2) is 15.0.